The maximum atomic E-state index is 13.2. The molecule has 1 aliphatic heterocycles. The predicted octanol–water partition coefficient (Wildman–Crippen LogP) is 2.26. The molecule has 1 aliphatic rings. The molecular formula is C14H19F3N2O2. The molecule has 3 N–H and O–H groups in total. The Bertz CT molecular complexity index is 517. The van der Waals surface area contributed by atoms with Crippen LogP contribution in [0, 0.1) is 0 Å². The van der Waals surface area contributed by atoms with E-state index in [4.69, 9.17) is 10.5 Å². The predicted molar refractivity (Wildman–Crippen MR) is 74.1 cm³/mol. The first-order valence-corrected chi connectivity index (χ1v) is 6.63. The molecule has 21 heavy (non-hydrogen) atoms. The molecule has 118 valence electrons. The smallest absolute Gasteiger partial charge is 0.399 e. The third-order valence-electron chi connectivity index (χ3n) is 3.35. The molecule has 1 unspecified atom stereocenters. The Kier molecular flexibility index (Phi) is 4.08. The van der Waals surface area contributed by atoms with Crippen LogP contribution < -0.4 is 10.6 Å². The van der Waals surface area contributed by atoms with Gasteiger partial charge in [0.1, 0.15) is 0 Å². The molecule has 1 atom stereocenters. The number of nitrogens with two attached hydrogens (primary N) is 1. The second-order valence-corrected chi connectivity index (χ2v) is 5.84. The Morgan fingerprint density at radius 3 is 2.67 bits per heavy atom. The van der Waals surface area contributed by atoms with Gasteiger partial charge in [-0.05, 0) is 32.0 Å². The molecule has 0 amide bonds. The van der Waals surface area contributed by atoms with Gasteiger partial charge in [-0.25, -0.2) is 0 Å². The summed E-state index contributed by atoms with van der Waals surface area (Å²) in [7, 11) is 0. The summed E-state index contributed by atoms with van der Waals surface area (Å²) < 4.78 is 45.2. The van der Waals surface area contributed by atoms with Crippen LogP contribution in [-0.2, 0) is 10.9 Å². The Hall–Kier alpha value is -1.47. The number of hydrogen-bond acceptors (Lipinski definition) is 4. The minimum atomic E-state index is -4.48. The van der Waals surface area contributed by atoms with Crippen molar-refractivity contribution in [3.63, 3.8) is 0 Å². The van der Waals surface area contributed by atoms with E-state index in [1.807, 2.05) is 0 Å². The first-order valence-electron chi connectivity index (χ1n) is 6.63. The Balaban J connectivity index is 2.41. The van der Waals surface area contributed by atoms with Gasteiger partial charge in [0.25, 0.3) is 0 Å². The second-order valence-electron chi connectivity index (χ2n) is 5.84. The third kappa shape index (κ3) is 3.59. The van der Waals surface area contributed by atoms with Crippen LogP contribution in [-0.4, -0.2) is 36.5 Å². The summed E-state index contributed by atoms with van der Waals surface area (Å²) >= 11 is 0. The van der Waals surface area contributed by atoms with Gasteiger partial charge in [-0.1, -0.05) is 0 Å². The van der Waals surface area contributed by atoms with Crippen molar-refractivity contribution in [1.29, 1.82) is 0 Å². The normalized spacial score (nSPS) is 22.4. The first-order chi connectivity index (χ1) is 9.62. The average Bonchev–Trinajstić information content (AvgIpc) is 2.35. The molecule has 1 saturated heterocycles. The molecule has 2 rings (SSSR count). The van der Waals surface area contributed by atoms with Gasteiger partial charge in [0.2, 0.25) is 0 Å². The van der Waals surface area contributed by atoms with Crippen LogP contribution in [0.1, 0.15) is 19.4 Å². The number of nitrogen functional groups attached to an aromatic ring is 1. The highest BCUT2D eigenvalue weighted by molar-refractivity contribution is 5.61. The maximum absolute atomic E-state index is 13.2. The van der Waals surface area contributed by atoms with Crippen LogP contribution in [0.15, 0.2) is 18.2 Å². The Labute approximate surface area is 121 Å². The fourth-order valence-electron chi connectivity index (χ4n) is 2.63. The van der Waals surface area contributed by atoms with Crippen LogP contribution in [0.4, 0.5) is 24.5 Å². The van der Waals surface area contributed by atoms with Crippen molar-refractivity contribution in [3.8, 4) is 0 Å². The third-order valence-corrected chi connectivity index (χ3v) is 3.35. The topological polar surface area (TPSA) is 58.7 Å². The van der Waals surface area contributed by atoms with E-state index >= 15 is 0 Å². The van der Waals surface area contributed by atoms with Gasteiger partial charge in [-0.3, -0.25) is 0 Å². The fraction of sp³-hybridized carbons (Fsp3) is 0.571. The number of ether oxygens (including phenoxy) is 1. The number of alkyl halides is 3. The van der Waals surface area contributed by atoms with E-state index in [0.717, 1.165) is 6.07 Å². The van der Waals surface area contributed by atoms with Crippen molar-refractivity contribution in [2.24, 2.45) is 0 Å². The first kappa shape index (κ1) is 15.9. The van der Waals surface area contributed by atoms with Crippen LogP contribution in [0.3, 0.4) is 0 Å². The highest BCUT2D eigenvalue weighted by Gasteiger charge is 2.39. The number of morpholine rings is 1. The number of benzene rings is 1. The van der Waals surface area contributed by atoms with Gasteiger partial charge in [0.15, 0.2) is 0 Å². The number of aliphatic hydroxyl groups is 1. The van der Waals surface area contributed by atoms with E-state index < -0.39 is 23.4 Å². The fourth-order valence-corrected chi connectivity index (χ4v) is 2.63. The largest absolute Gasteiger partial charge is 0.418 e. The molecule has 4 nitrogen and oxygen atoms in total. The molecule has 0 saturated carbocycles. The summed E-state index contributed by atoms with van der Waals surface area (Å²) in [6.07, 6.45) is -5.01. The zero-order chi connectivity index (χ0) is 15.8. The lowest BCUT2D eigenvalue weighted by Crippen LogP contribution is -2.54. The number of aliphatic hydroxyl groups excluding tert-OH is 1. The second kappa shape index (κ2) is 5.38. The van der Waals surface area contributed by atoms with Crippen LogP contribution in [0.5, 0.6) is 0 Å². The summed E-state index contributed by atoms with van der Waals surface area (Å²) in [6.45, 7) is 3.83. The van der Waals surface area contributed by atoms with Crippen molar-refractivity contribution in [1.82, 2.24) is 0 Å². The van der Waals surface area contributed by atoms with Gasteiger partial charge in [0, 0.05) is 24.5 Å². The number of hydrogen-bond donors (Lipinski definition) is 2. The minimum Gasteiger partial charge on any atom is -0.399 e. The zero-order valence-electron chi connectivity index (χ0n) is 11.9. The van der Waals surface area contributed by atoms with Gasteiger partial charge >= 0.3 is 6.18 Å². The van der Waals surface area contributed by atoms with Crippen molar-refractivity contribution < 1.29 is 23.0 Å². The van der Waals surface area contributed by atoms with E-state index in [1.165, 1.54) is 12.1 Å². The van der Waals surface area contributed by atoms with E-state index in [9.17, 15) is 18.3 Å². The summed E-state index contributed by atoms with van der Waals surface area (Å²) in [5.74, 6) is 0. The van der Waals surface area contributed by atoms with Crippen molar-refractivity contribution in [3.05, 3.63) is 23.8 Å². The number of nitrogens with zero attached hydrogens (tertiary/aromatic N) is 1. The molecule has 1 aromatic carbocycles. The summed E-state index contributed by atoms with van der Waals surface area (Å²) in [4.78, 5) is 1.59. The van der Waals surface area contributed by atoms with E-state index in [1.54, 1.807) is 18.7 Å². The van der Waals surface area contributed by atoms with E-state index in [2.05, 4.69) is 0 Å². The molecule has 0 aromatic heterocycles. The van der Waals surface area contributed by atoms with Gasteiger partial charge in [-0.15, -0.1) is 0 Å². The van der Waals surface area contributed by atoms with E-state index in [-0.39, 0.29) is 24.5 Å². The molecule has 1 heterocycles. The van der Waals surface area contributed by atoms with Crippen LogP contribution in [0.2, 0.25) is 0 Å². The molecule has 7 heteroatoms. The molecular weight excluding hydrogens is 285 g/mol. The molecule has 0 bridgehead atoms. The number of halogens is 3. The number of anilines is 2. The van der Waals surface area contributed by atoms with Crippen molar-refractivity contribution in [2.45, 2.75) is 31.7 Å². The van der Waals surface area contributed by atoms with Crippen LogP contribution in [0.25, 0.3) is 0 Å². The lowest BCUT2D eigenvalue weighted by atomic mass is 10.0. The molecule has 0 radical (unpaired) electrons. The lowest BCUT2D eigenvalue weighted by Gasteiger charge is -2.44. The Morgan fingerprint density at radius 2 is 2.10 bits per heavy atom. The molecule has 0 spiro atoms. The van der Waals surface area contributed by atoms with E-state index in [0.29, 0.717) is 6.54 Å². The monoisotopic (exact) mass is 304 g/mol. The number of rotatable bonds is 2. The van der Waals surface area contributed by atoms with Gasteiger partial charge in [0.05, 0.1) is 23.9 Å². The van der Waals surface area contributed by atoms with Crippen LogP contribution >= 0.6 is 0 Å². The van der Waals surface area contributed by atoms with Crippen molar-refractivity contribution in [2.75, 3.05) is 30.3 Å². The highest BCUT2D eigenvalue weighted by Crippen LogP contribution is 2.39. The molecule has 0 aliphatic carbocycles. The average molecular weight is 304 g/mol. The minimum absolute atomic E-state index is 0.0616. The summed E-state index contributed by atoms with van der Waals surface area (Å²) in [5, 5.41) is 9.27. The highest BCUT2D eigenvalue weighted by atomic mass is 19.4. The van der Waals surface area contributed by atoms with Gasteiger partial charge < -0.3 is 20.5 Å². The van der Waals surface area contributed by atoms with Gasteiger partial charge in [-0.2, -0.15) is 13.2 Å². The zero-order valence-corrected chi connectivity index (χ0v) is 11.9. The quantitative estimate of drug-likeness (QED) is 0.823. The lowest BCUT2D eigenvalue weighted by molar-refractivity contribution is -0.137. The molecule has 1 fully saturated rings. The summed E-state index contributed by atoms with van der Waals surface area (Å²) in [6, 6.07) is 3.75. The summed E-state index contributed by atoms with van der Waals surface area (Å²) in [5.41, 5.74) is 4.20. The Morgan fingerprint density at radius 1 is 1.43 bits per heavy atom. The standard InChI is InChI=1S/C14H19F3N2O2/c1-13(2)8-19(6-10(7-20)21-13)12-4-3-9(18)5-11(12)14(15,16)17/h3-5,10,20H,6-8,18H2,1-2H3. The maximum Gasteiger partial charge on any atom is 0.418 e. The van der Waals surface area contributed by atoms with Crippen molar-refractivity contribution >= 4 is 11.4 Å². The molecule has 1 aromatic rings. The SMILES string of the molecule is CC1(C)CN(c2ccc(N)cc2C(F)(F)F)CC(CO)O1.